The van der Waals surface area contributed by atoms with Gasteiger partial charge in [-0.05, 0) is 25.0 Å². The van der Waals surface area contributed by atoms with Gasteiger partial charge >= 0.3 is 5.97 Å². The number of pyridine rings is 1. The van der Waals surface area contributed by atoms with Gasteiger partial charge in [-0.3, -0.25) is 4.98 Å². The molecule has 0 atom stereocenters. The fourth-order valence-electron chi connectivity index (χ4n) is 2.46. The molecule has 2 N–H and O–H groups in total. The van der Waals surface area contributed by atoms with Crippen LogP contribution in [-0.4, -0.2) is 35.1 Å². The van der Waals surface area contributed by atoms with Crippen LogP contribution in [-0.2, 0) is 11.3 Å². The lowest BCUT2D eigenvalue weighted by Gasteiger charge is -2.12. The minimum absolute atomic E-state index is 0.344. The van der Waals surface area contributed by atoms with Crippen molar-refractivity contribution >= 4 is 29.1 Å². The van der Waals surface area contributed by atoms with E-state index >= 15 is 0 Å². The van der Waals surface area contributed by atoms with E-state index in [-0.39, 0.29) is 5.97 Å². The molecule has 24 heavy (non-hydrogen) atoms. The Morgan fingerprint density at radius 2 is 2.17 bits per heavy atom. The van der Waals surface area contributed by atoms with Crippen molar-refractivity contribution in [2.45, 2.75) is 25.3 Å². The number of carbonyl (C=O) groups excluding carboxylic acids is 1. The van der Waals surface area contributed by atoms with Gasteiger partial charge in [0.1, 0.15) is 12.0 Å². The first-order valence-corrected chi connectivity index (χ1v) is 8.02. The van der Waals surface area contributed by atoms with Crippen molar-refractivity contribution in [1.82, 2.24) is 15.0 Å². The fourth-order valence-corrected chi connectivity index (χ4v) is 2.69. The Kier molecular flexibility index (Phi) is 4.80. The summed E-state index contributed by atoms with van der Waals surface area (Å²) in [5.74, 6) is 0.605. The predicted octanol–water partition coefficient (Wildman–Crippen LogP) is 2.84. The predicted molar refractivity (Wildman–Crippen MR) is 91.5 cm³/mol. The Bertz CT molecular complexity index is 764. The second kappa shape index (κ2) is 7.00. The van der Waals surface area contributed by atoms with Crippen LogP contribution in [0.15, 0.2) is 18.5 Å². The second-order valence-corrected chi connectivity index (χ2v) is 5.85. The van der Waals surface area contributed by atoms with E-state index in [1.165, 1.54) is 13.4 Å². The highest BCUT2D eigenvalue weighted by molar-refractivity contribution is 6.32. The molecule has 0 saturated heterocycles. The zero-order valence-corrected chi connectivity index (χ0v) is 14.2. The van der Waals surface area contributed by atoms with Gasteiger partial charge in [0.15, 0.2) is 11.0 Å². The number of methoxy groups -OCH3 is 1. The van der Waals surface area contributed by atoms with Crippen LogP contribution in [0.2, 0.25) is 5.15 Å². The largest absolute Gasteiger partial charge is 0.465 e. The first kappa shape index (κ1) is 16.4. The summed E-state index contributed by atoms with van der Waals surface area (Å²) >= 11 is 6.04. The number of aromatic nitrogens is 3. The van der Waals surface area contributed by atoms with Crippen LogP contribution in [0.25, 0.3) is 0 Å². The molecule has 1 fully saturated rings. The van der Waals surface area contributed by atoms with E-state index in [0.717, 1.165) is 24.2 Å². The average Bonchev–Trinajstić information content (AvgIpc) is 3.44. The summed E-state index contributed by atoms with van der Waals surface area (Å²) in [6, 6.07) is 3.59. The molecule has 2 aromatic rings. The SMILES string of the molecule is CNc1c(Cl)ncnc1NCc1ccc(C(=O)OC)c(C2CC2)n1. The highest BCUT2D eigenvalue weighted by Gasteiger charge is 2.30. The van der Waals surface area contributed by atoms with Gasteiger partial charge in [0.2, 0.25) is 0 Å². The molecule has 8 heteroatoms. The molecule has 0 unspecified atom stereocenters. The first-order chi connectivity index (χ1) is 11.6. The standard InChI is InChI=1S/C16H18ClN5O2/c1-18-13-14(17)20-8-21-15(13)19-7-10-5-6-11(16(23)24-2)12(22-10)9-3-4-9/h5-6,8-9,18H,3-4,7H2,1-2H3,(H,19,20,21). The van der Waals surface area contributed by atoms with Gasteiger partial charge in [0.05, 0.1) is 30.6 Å². The maximum atomic E-state index is 11.9. The molecular weight excluding hydrogens is 330 g/mol. The maximum Gasteiger partial charge on any atom is 0.339 e. The van der Waals surface area contributed by atoms with Crippen LogP contribution in [0.3, 0.4) is 0 Å². The molecule has 0 amide bonds. The smallest absolute Gasteiger partial charge is 0.339 e. The number of nitrogens with zero attached hydrogens (tertiary/aromatic N) is 3. The summed E-state index contributed by atoms with van der Waals surface area (Å²) in [7, 11) is 3.14. The Labute approximate surface area is 144 Å². The lowest BCUT2D eigenvalue weighted by atomic mass is 10.1. The minimum atomic E-state index is -0.344. The number of ether oxygens (including phenoxy) is 1. The molecule has 126 valence electrons. The number of rotatable bonds is 6. The van der Waals surface area contributed by atoms with Crippen LogP contribution >= 0.6 is 11.6 Å². The Morgan fingerprint density at radius 3 is 2.83 bits per heavy atom. The number of carbonyl (C=O) groups is 1. The Morgan fingerprint density at radius 1 is 1.38 bits per heavy atom. The zero-order chi connectivity index (χ0) is 17.1. The van der Waals surface area contributed by atoms with Gasteiger partial charge in [-0.1, -0.05) is 11.6 Å². The maximum absolute atomic E-state index is 11.9. The molecule has 3 rings (SSSR count). The summed E-state index contributed by atoms with van der Waals surface area (Å²) in [5, 5.41) is 6.51. The number of hydrogen-bond acceptors (Lipinski definition) is 7. The van der Waals surface area contributed by atoms with Crippen LogP contribution in [0, 0.1) is 0 Å². The van der Waals surface area contributed by atoms with E-state index < -0.39 is 0 Å². The topological polar surface area (TPSA) is 89.0 Å². The van der Waals surface area contributed by atoms with E-state index in [9.17, 15) is 4.79 Å². The molecule has 0 aliphatic heterocycles. The molecule has 1 saturated carbocycles. The van der Waals surface area contributed by atoms with Crippen LogP contribution in [0.1, 0.15) is 40.5 Å². The Balaban J connectivity index is 1.80. The van der Waals surface area contributed by atoms with Crippen molar-refractivity contribution in [2.24, 2.45) is 0 Å². The van der Waals surface area contributed by atoms with Gasteiger partial charge in [0.25, 0.3) is 0 Å². The average molecular weight is 348 g/mol. The van der Waals surface area contributed by atoms with E-state index in [1.807, 2.05) is 6.07 Å². The monoisotopic (exact) mass is 347 g/mol. The normalized spacial score (nSPS) is 13.5. The van der Waals surface area contributed by atoms with E-state index in [0.29, 0.717) is 34.7 Å². The fraction of sp³-hybridized carbons (Fsp3) is 0.375. The molecule has 0 spiro atoms. The minimum Gasteiger partial charge on any atom is -0.465 e. The first-order valence-electron chi connectivity index (χ1n) is 7.64. The molecule has 7 nitrogen and oxygen atoms in total. The summed E-state index contributed by atoms with van der Waals surface area (Å²) in [4.78, 5) is 24.6. The molecule has 1 aliphatic carbocycles. The second-order valence-electron chi connectivity index (χ2n) is 5.49. The molecule has 0 radical (unpaired) electrons. The quantitative estimate of drug-likeness (QED) is 0.613. The third-order valence-electron chi connectivity index (χ3n) is 3.84. The van der Waals surface area contributed by atoms with Crippen molar-refractivity contribution < 1.29 is 9.53 Å². The lowest BCUT2D eigenvalue weighted by Crippen LogP contribution is -2.11. The number of nitrogens with one attached hydrogen (secondary N) is 2. The van der Waals surface area contributed by atoms with Crippen LogP contribution in [0.4, 0.5) is 11.5 Å². The molecule has 0 aromatic carbocycles. The van der Waals surface area contributed by atoms with Crippen molar-refractivity contribution in [1.29, 1.82) is 0 Å². The summed E-state index contributed by atoms with van der Waals surface area (Å²) in [6.45, 7) is 0.462. The number of esters is 1. The highest BCUT2D eigenvalue weighted by atomic mass is 35.5. The third-order valence-corrected chi connectivity index (χ3v) is 4.13. The molecule has 1 aliphatic rings. The summed E-state index contributed by atoms with van der Waals surface area (Å²) in [6.07, 6.45) is 3.51. The number of hydrogen-bond donors (Lipinski definition) is 2. The number of anilines is 2. The third kappa shape index (κ3) is 3.41. The summed E-state index contributed by atoms with van der Waals surface area (Å²) in [5.41, 5.74) is 2.81. The van der Waals surface area contributed by atoms with Crippen molar-refractivity contribution in [3.05, 3.63) is 40.6 Å². The van der Waals surface area contributed by atoms with Gasteiger partial charge < -0.3 is 15.4 Å². The Hall–Kier alpha value is -2.41. The molecular formula is C16H18ClN5O2. The van der Waals surface area contributed by atoms with Crippen LogP contribution < -0.4 is 10.6 Å². The van der Waals surface area contributed by atoms with Gasteiger partial charge in [-0.15, -0.1) is 0 Å². The molecule has 2 aromatic heterocycles. The van der Waals surface area contributed by atoms with Crippen molar-refractivity contribution in [3.63, 3.8) is 0 Å². The van der Waals surface area contributed by atoms with E-state index in [2.05, 4.69) is 25.6 Å². The van der Waals surface area contributed by atoms with Gasteiger partial charge in [-0.2, -0.15) is 0 Å². The van der Waals surface area contributed by atoms with E-state index in [1.54, 1.807) is 13.1 Å². The lowest BCUT2D eigenvalue weighted by molar-refractivity contribution is 0.0598. The summed E-state index contributed by atoms with van der Waals surface area (Å²) < 4.78 is 4.83. The molecule has 2 heterocycles. The zero-order valence-electron chi connectivity index (χ0n) is 13.5. The van der Waals surface area contributed by atoms with Crippen molar-refractivity contribution in [3.8, 4) is 0 Å². The van der Waals surface area contributed by atoms with Gasteiger partial charge in [-0.25, -0.2) is 14.8 Å². The van der Waals surface area contributed by atoms with E-state index in [4.69, 9.17) is 16.3 Å². The highest BCUT2D eigenvalue weighted by Crippen LogP contribution is 2.40. The van der Waals surface area contributed by atoms with Gasteiger partial charge in [0, 0.05) is 13.0 Å². The van der Waals surface area contributed by atoms with Crippen LogP contribution in [0.5, 0.6) is 0 Å². The molecule has 0 bridgehead atoms. The number of halogens is 1. The van der Waals surface area contributed by atoms with Crippen molar-refractivity contribution in [2.75, 3.05) is 24.8 Å².